The van der Waals surface area contributed by atoms with E-state index in [1.54, 1.807) is 0 Å². The Morgan fingerprint density at radius 3 is 1.15 bits per heavy atom. The van der Waals surface area contributed by atoms with E-state index >= 15 is 0 Å². The van der Waals surface area contributed by atoms with Crippen molar-refractivity contribution in [2.45, 2.75) is 0 Å². The molecule has 0 amide bonds. The van der Waals surface area contributed by atoms with Gasteiger partial charge in [0.25, 0.3) is 21.5 Å². The molecule has 6 N–H and O–H groups in total. The van der Waals surface area contributed by atoms with E-state index in [9.17, 15) is 17.2 Å². The van der Waals surface area contributed by atoms with Crippen LogP contribution in [0.3, 0.4) is 0 Å². The van der Waals surface area contributed by atoms with Crippen LogP contribution in [-0.4, -0.2) is 35.0 Å². The van der Waals surface area contributed by atoms with Crippen molar-refractivity contribution in [2.24, 2.45) is 0 Å². The van der Waals surface area contributed by atoms with Gasteiger partial charge in [-0.05, 0) is 0 Å². The molecule has 0 aliphatic carbocycles. The van der Waals surface area contributed by atoms with Gasteiger partial charge in [-0.1, -0.05) is 0 Å². The first-order valence-electron chi connectivity index (χ1n) is 1.55. The number of hydrogen-bond acceptors (Lipinski definition) is 6. The summed E-state index contributed by atoms with van der Waals surface area (Å²) < 4.78 is 67.2. The molecule has 0 radical (unpaired) electrons. The predicted molar refractivity (Wildman–Crippen MR) is 38.9 cm³/mol. The maximum Gasteiger partial charge on any atom is 1.00 e. The molecule has 0 aliphatic heterocycles. The molecule has 0 spiro atoms. The zero-order chi connectivity index (χ0) is 9.65. The van der Waals surface area contributed by atoms with E-state index in [-0.39, 0.29) is 35.7 Å². The van der Waals surface area contributed by atoms with Crippen molar-refractivity contribution < 1.29 is 64.6 Å². The first-order chi connectivity index (χ1) is 4.68. The maximum absolute atomic E-state index is 9.23. The zero-order valence-corrected chi connectivity index (χ0v) is 10.8. The Labute approximate surface area is 101 Å². The molecule has 0 saturated heterocycles. The predicted octanol–water partition coefficient (Wildman–Crippen LogP) is -4.48. The van der Waals surface area contributed by atoms with Gasteiger partial charge in [-0.25, -0.2) is 12.6 Å². The van der Waals surface area contributed by atoms with Crippen molar-refractivity contribution in [3.63, 3.8) is 0 Å². The minimum atomic E-state index is -4.96. The average molecular weight is 267 g/mol. The fourth-order valence-corrected chi connectivity index (χ4v) is 0. The maximum atomic E-state index is 9.23. The Bertz CT molecular complexity index is 238. The van der Waals surface area contributed by atoms with E-state index in [1.165, 1.54) is 0 Å². The SMILES string of the molecule is N.O=S(O)O.O=S(O)S(=O)(=O)[O-].[Na+]. The molecule has 0 aliphatic rings. The molecule has 0 heterocycles. The van der Waals surface area contributed by atoms with Crippen LogP contribution in [-0.2, 0) is 30.6 Å². The Hall–Kier alpha value is 1.05. The van der Waals surface area contributed by atoms with E-state index in [0.29, 0.717) is 0 Å². The normalized spacial score (nSPS) is 11.5. The van der Waals surface area contributed by atoms with E-state index in [2.05, 4.69) is 0 Å². The van der Waals surface area contributed by atoms with Gasteiger partial charge in [0.15, 0.2) is 0 Å². The Morgan fingerprint density at radius 1 is 1.08 bits per heavy atom. The van der Waals surface area contributed by atoms with Crippen LogP contribution in [0.15, 0.2) is 0 Å². The van der Waals surface area contributed by atoms with Gasteiger partial charge in [0.1, 0.15) is 0 Å². The van der Waals surface area contributed by atoms with E-state index in [0.717, 1.165) is 0 Å². The van der Waals surface area contributed by atoms with Crippen molar-refractivity contribution in [3.05, 3.63) is 0 Å². The van der Waals surface area contributed by atoms with Crippen molar-refractivity contribution in [1.29, 1.82) is 0 Å². The van der Waals surface area contributed by atoms with Gasteiger partial charge in [-0.3, -0.25) is 13.7 Å². The fourth-order valence-electron chi connectivity index (χ4n) is 0. The second-order valence-electron chi connectivity index (χ2n) is 0.856. The number of rotatable bonds is 1. The summed E-state index contributed by atoms with van der Waals surface area (Å²) in [6.45, 7) is 0. The van der Waals surface area contributed by atoms with E-state index in [1.807, 2.05) is 0 Å². The summed E-state index contributed by atoms with van der Waals surface area (Å²) in [5.74, 6) is 0. The Balaban J connectivity index is -0.0000000600. The van der Waals surface area contributed by atoms with Crippen LogP contribution in [0.25, 0.3) is 0 Å². The first-order valence-corrected chi connectivity index (χ1v) is 5.64. The molecule has 0 aromatic heterocycles. The molecule has 0 aromatic rings. The summed E-state index contributed by atoms with van der Waals surface area (Å²) in [6, 6.07) is 0. The van der Waals surface area contributed by atoms with Crippen LogP contribution in [0.1, 0.15) is 0 Å². The summed E-state index contributed by atoms with van der Waals surface area (Å²) in [7, 11) is -8.23. The largest absolute Gasteiger partial charge is 1.00 e. The molecule has 0 fully saturated rings. The fraction of sp³-hybridized carbons (Fsp3) is 0. The van der Waals surface area contributed by atoms with Gasteiger partial charge in [-0.15, -0.1) is 0 Å². The molecule has 1 unspecified atom stereocenters. The Kier molecular flexibility index (Phi) is 20.3. The molecule has 0 rings (SSSR count). The van der Waals surface area contributed by atoms with Gasteiger partial charge in [0.05, 0.1) is 0 Å². The van der Waals surface area contributed by atoms with Crippen LogP contribution in [0.5, 0.6) is 0 Å². The van der Waals surface area contributed by atoms with Crippen molar-refractivity contribution >= 4 is 30.6 Å². The first kappa shape index (κ1) is 23.7. The number of hydrogen-bond donors (Lipinski definition) is 4. The molecular formula is H6NNaO8S3. The molecular weight excluding hydrogens is 261 g/mol. The molecule has 1 atom stereocenters. The van der Waals surface area contributed by atoms with Crippen LogP contribution >= 0.6 is 0 Å². The van der Waals surface area contributed by atoms with E-state index in [4.69, 9.17) is 17.9 Å². The molecule has 0 aromatic carbocycles. The van der Waals surface area contributed by atoms with Crippen molar-refractivity contribution in [3.8, 4) is 0 Å². The van der Waals surface area contributed by atoms with Gasteiger partial charge in [0.2, 0.25) is 9.15 Å². The van der Waals surface area contributed by atoms with Gasteiger partial charge in [0, 0.05) is 0 Å². The minimum Gasteiger partial charge on any atom is -0.736 e. The summed E-state index contributed by atoms with van der Waals surface area (Å²) >= 11 is -2.61. The second kappa shape index (κ2) is 11.1. The third-order valence-electron chi connectivity index (χ3n) is 0.175. The third-order valence-corrected chi connectivity index (χ3v) is 1.57. The molecule has 9 nitrogen and oxygen atoms in total. The van der Waals surface area contributed by atoms with Crippen LogP contribution in [0, 0.1) is 0 Å². The molecule has 13 heteroatoms. The van der Waals surface area contributed by atoms with Gasteiger partial charge < -0.3 is 10.7 Å². The molecule has 13 heavy (non-hydrogen) atoms. The summed E-state index contributed by atoms with van der Waals surface area (Å²) in [5.41, 5.74) is 0. The van der Waals surface area contributed by atoms with Crippen molar-refractivity contribution in [2.75, 3.05) is 0 Å². The monoisotopic (exact) mass is 267 g/mol. The average Bonchev–Trinajstić information content (AvgIpc) is 1.59. The van der Waals surface area contributed by atoms with Gasteiger partial charge in [-0.2, -0.15) is 4.21 Å². The summed E-state index contributed by atoms with van der Waals surface area (Å²) in [4.78, 5) is 0. The quantitative estimate of drug-likeness (QED) is 0.157. The molecule has 0 bridgehead atoms. The summed E-state index contributed by atoms with van der Waals surface area (Å²) in [6.07, 6.45) is 0. The minimum absolute atomic E-state index is 0. The summed E-state index contributed by atoms with van der Waals surface area (Å²) in [5, 5.41) is 0. The molecule has 78 valence electrons. The second-order valence-corrected chi connectivity index (χ2v) is 4.65. The Morgan fingerprint density at radius 2 is 1.15 bits per heavy atom. The molecule has 0 saturated carbocycles. The van der Waals surface area contributed by atoms with Crippen LogP contribution < -0.4 is 35.7 Å². The van der Waals surface area contributed by atoms with Crippen LogP contribution in [0.4, 0.5) is 0 Å². The van der Waals surface area contributed by atoms with Gasteiger partial charge >= 0.3 is 29.6 Å². The third kappa shape index (κ3) is 32.1. The smallest absolute Gasteiger partial charge is 0.736 e. The standard InChI is InChI=1S/H3N.Na.H2O5S2.H2O3S/c;;1-6(2)7(3,4)5;1-4(2)3/h1H3;;(H,1,2)(H,3,4,5);(H2,1,2,3)/q;+1;;/p-1. The van der Waals surface area contributed by atoms with Crippen molar-refractivity contribution in [1.82, 2.24) is 6.15 Å². The van der Waals surface area contributed by atoms with E-state index < -0.39 is 30.6 Å². The topological polar surface area (TPSA) is 187 Å². The van der Waals surface area contributed by atoms with Crippen LogP contribution in [0.2, 0.25) is 0 Å². The zero-order valence-electron chi connectivity index (χ0n) is 6.31.